The van der Waals surface area contributed by atoms with Gasteiger partial charge in [-0.05, 0) is 47.7 Å². The Kier molecular flexibility index (Phi) is 6.25. The van der Waals surface area contributed by atoms with Crippen molar-refractivity contribution in [2.75, 3.05) is 0 Å². The molecule has 0 saturated heterocycles. The van der Waals surface area contributed by atoms with E-state index >= 15 is 0 Å². The molecule has 2 N–H and O–H groups in total. The molecular formula is C24H23N3O2. The molecule has 1 aromatic heterocycles. The average molecular weight is 385 g/mol. The predicted molar refractivity (Wildman–Crippen MR) is 114 cm³/mol. The van der Waals surface area contributed by atoms with Crippen LogP contribution in [0.2, 0.25) is 0 Å². The number of carbonyl (C=O) groups is 1. The molecule has 146 valence electrons. The largest absolute Gasteiger partial charge is 0.365 e. The molecule has 0 radical (unpaired) electrons. The molecule has 5 nitrogen and oxygen atoms in total. The van der Waals surface area contributed by atoms with Crippen LogP contribution in [0, 0.1) is 11.3 Å². The minimum absolute atomic E-state index is 0.00446. The van der Waals surface area contributed by atoms with E-state index in [4.69, 9.17) is 5.73 Å². The lowest BCUT2D eigenvalue weighted by Gasteiger charge is -2.14. The lowest BCUT2D eigenvalue weighted by Crippen LogP contribution is -2.31. The van der Waals surface area contributed by atoms with Crippen LogP contribution in [0.15, 0.2) is 65.5 Å². The van der Waals surface area contributed by atoms with Gasteiger partial charge in [-0.15, -0.1) is 0 Å². The molecule has 0 saturated carbocycles. The third-order valence-corrected chi connectivity index (χ3v) is 4.97. The summed E-state index contributed by atoms with van der Waals surface area (Å²) < 4.78 is 1.63. The number of nitriles is 1. The monoisotopic (exact) mass is 385 g/mol. The molecule has 0 fully saturated rings. The van der Waals surface area contributed by atoms with Gasteiger partial charge in [-0.1, -0.05) is 55.8 Å². The summed E-state index contributed by atoms with van der Waals surface area (Å²) in [5.41, 5.74) is 9.26. The van der Waals surface area contributed by atoms with E-state index in [-0.39, 0.29) is 11.1 Å². The van der Waals surface area contributed by atoms with E-state index in [9.17, 15) is 14.9 Å². The average Bonchev–Trinajstić information content (AvgIpc) is 2.74. The molecule has 2 aromatic carbocycles. The predicted octanol–water partition coefficient (Wildman–Crippen LogP) is 3.88. The Morgan fingerprint density at radius 2 is 1.79 bits per heavy atom. The Hall–Kier alpha value is -3.65. The summed E-state index contributed by atoms with van der Waals surface area (Å²) >= 11 is 0. The molecule has 1 heterocycles. The number of rotatable bonds is 7. The van der Waals surface area contributed by atoms with Crippen LogP contribution in [0.4, 0.5) is 0 Å². The van der Waals surface area contributed by atoms with Crippen molar-refractivity contribution in [3.8, 4) is 17.2 Å². The van der Waals surface area contributed by atoms with E-state index in [1.54, 1.807) is 10.6 Å². The summed E-state index contributed by atoms with van der Waals surface area (Å²) in [7, 11) is 0. The van der Waals surface area contributed by atoms with Gasteiger partial charge >= 0.3 is 0 Å². The molecule has 0 atom stereocenters. The van der Waals surface area contributed by atoms with Crippen molar-refractivity contribution in [3.05, 3.63) is 93.4 Å². The van der Waals surface area contributed by atoms with Gasteiger partial charge in [0.15, 0.2) is 0 Å². The Morgan fingerprint density at radius 3 is 2.45 bits per heavy atom. The Morgan fingerprint density at radius 1 is 1.07 bits per heavy atom. The smallest absolute Gasteiger partial charge is 0.263 e. The number of nitrogens with two attached hydrogens (primary N) is 1. The SMILES string of the molecule is CCCCc1ccc(C(N)=O)c(=O)n1Cc1ccc(-c2ccccc2C#N)cc1. The maximum atomic E-state index is 12.8. The number of aromatic nitrogens is 1. The fourth-order valence-electron chi connectivity index (χ4n) is 3.36. The van der Waals surface area contributed by atoms with Crippen molar-refractivity contribution in [3.63, 3.8) is 0 Å². The van der Waals surface area contributed by atoms with Gasteiger partial charge in [0.1, 0.15) is 5.56 Å². The zero-order chi connectivity index (χ0) is 20.8. The van der Waals surface area contributed by atoms with E-state index in [2.05, 4.69) is 13.0 Å². The van der Waals surface area contributed by atoms with Crippen LogP contribution in [0.25, 0.3) is 11.1 Å². The summed E-state index contributed by atoms with van der Waals surface area (Å²) in [5.74, 6) is -0.714. The van der Waals surface area contributed by atoms with Crippen LogP contribution in [-0.2, 0) is 13.0 Å². The van der Waals surface area contributed by atoms with Gasteiger partial charge in [0.05, 0.1) is 18.2 Å². The normalized spacial score (nSPS) is 10.5. The van der Waals surface area contributed by atoms with Crippen LogP contribution in [0.3, 0.4) is 0 Å². The van der Waals surface area contributed by atoms with Crippen molar-refractivity contribution >= 4 is 5.91 Å². The second kappa shape index (κ2) is 9.03. The van der Waals surface area contributed by atoms with Gasteiger partial charge in [-0.2, -0.15) is 5.26 Å². The molecule has 29 heavy (non-hydrogen) atoms. The summed E-state index contributed by atoms with van der Waals surface area (Å²) in [6, 6.07) is 20.8. The second-order valence-corrected chi connectivity index (χ2v) is 6.95. The third-order valence-electron chi connectivity index (χ3n) is 4.97. The van der Waals surface area contributed by atoms with Gasteiger partial charge in [0, 0.05) is 5.69 Å². The maximum absolute atomic E-state index is 12.8. The fraction of sp³-hybridized carbons (Fsp3) is 0.208. The number of hydrogen-bond donors (Lipinski definition) is 1. The first-order valence-corrected chi connectivity index (χ1v) is 9.66. The molecule has 3 aromatic rings. The number of amides is 1. The van der Waals surface area contributed by atoms with Crippen LogP contribution in [0.1, 0.15) is 46.9 Å². The minimum atomic E-state index is -0.714. The molecule has 0 spiro atoms. The van der Waals surface area contributed by atoms with Crippen LogP contribution in [0.5, 0.6) is 0 Å². The molecule has 0 aliphatic heterocycles. The highest BCUT2D eigenvalue weighted by Crippen LogP contribution is 2.23. The zero-order valence-corrected chi connectivity index (χ0v) is 16.4. The van der Waals surface area contributed by atoms with E-state index in [0.717, 1.165) is 41.6 Å². The van der Waals surface area contributed by atoms with Gasteiger partial charge in [-0.25, -0.2) is 0 Å². The number of pyridine rings is 1. The molecule has 5 heteroatoms. The molecule has 3 rings (SSSR count). The summed E-state index contributed by atoms with van der Waals surface area (Å²) in [6.07, 6.45) is 2.73. The minimum Gasteiger partial charge on any atom is -0.365 e. The van der Waals surface area contributed by atoms with Crippen molar-refractivity contribution < 1.29 is 4.79 Å². The zero-order valence-electron chi connectivity index (χ0n) is 16.4. The molecule has 0 unspecified atom stereocenters. The third kappa shape index (κ3) is 4.44. The Labute approximate surface area is 170 Å². The highest BCUT2D eigenvalue weighted by atomic mass is 16.2. The lowest BCUT2D eigenvalue weighted by molar-refractivity contribution is 0.0998. The molecule has 0 bridgehead atoms. The number of nitrogens with zero attached hydrogens (tertiary/aromatic N) is 2. The number of aryl methyl sites for hydroxylation is 1. The fourth-order valence-corrected chi connectivity index (χ4v) is 3.36. The molecule has 0 aliphatic rings. The summed E-state index contributed by atoms with van der Waals surface area (Å²) in [6.45, 7) is 2.46. The van der Waals surface area contributed by atoms with Crippen LogP contribution < -0.4 is 11.3 Å². The van der Waals surface area contributed by atoms with Gasteiger partial charge in [-0.3, -0.25) is 9.59 Å². The topological polar surface area (TPSA) is 88.9 Å². The van der Waals surface area contributed by atoms with E-state index in [1.807, 2.05) is 48.5 Å². The summed E-state index contributed by atoms with van der Waals surface area (Å²) in [4.78, 5) is 24.4. The number of unbranched alkanes of at least 4 members (excludes halogenated alkanes) is 1. The molecular weight excluding hydrogens is 362 g/mol. The van der Waals surface area contributed by atoms with Crippen LogP contribution in [-0.4, -0.2) is 10.5 Å². The first-order valence-electron chi connectivity index (χ1n) is 9.66. The van der Waals surface area contributed by atoms with Crippen molar-refractivity contribution in [2.45, 2.75) is 32.7 Å². The van der Waals surface area contributed by atoms with Crippen molar-refractivity contribution in [1.82, 2.24) is 4.57 Å². The lowest BCUT2D eigenvalue weighted by atomic mass is 9.99. The highest BCUT2D eigenvalue weighted by molar-refractivity contribution is 5.92. The maximum Gasteiger partial charge on any atom is 0.263 e. The van der Waals surface area contributed by atoms with Crippen molar-refractivity contribution in [1.29, 1.82) is 5.26 Å². The van der Waals surface area contributed by atoms with E-state index in [0.29, 0.717) is 12.1 Å². The highest BCUT2D eigenvalue weighted by Gasteiger charge is 2.13. The first-order chi connectivity index (χ1) is 14.0. The van der Waals surface area contributed by atoms with Gasteiger partial charge in [0.2, 0.25) is 0 Å². The number of hydrogen-bond acceptors (Lipinski definition) is 3. The quantitative estimate of drug-likeness (QED) is 0.669. The van der Waals surface area contributed by atoms with Crippen LogP contribution >= 0.6 is 0 Å². The Bertz CT molecular complexity index is 1120. The van der Waals surface area contributed by atoms with E-state index < -0.39 is 5.91 Å². The van der Waals surface area contributed by atoms with E-state index in [1.165, 1.54) is 6.07 Å². The molecule has 1 amide bonds. The second-order valence-electron chi connectivity index (χ2n) is 6.95. The standard InChI is InChI=1S/C24H23N3O2/c1-2-3-7-20-13-14-22(23(26)28)24(29)27(20)16-17-9-11-18(12-10-17)21-8-5-4-6-19(21)15-25/h4-6,8-14H,2-3,7,16H2,1H3,(H2,26,28). The van der Waals surface area contributed by atoms with Crippen molar-refractivity contribution in [2.24, 2.45) is 5.73 Å². The van der Waals surface area contributed by atoms with Gasteiger partial charge in [0.25, 0.3) is 11.5 Å². The summed E-state index contributed by atoms with van der Waals surface area (Å²) in [5, 5.41) is 9.31. The van der Waals surface area contributed by atoms with Gasteiger partial charge < -0.3 is 10.3 Å². The number of primary amides is 1. The first kappa shape index (κ1) is 20.1. The molecule has 0 aliphatic carbocycles. The Balaban J connectivity index is 1.95. The number of carbonyl (C=O) groups excluding carboxylic acids is 1. The number of benzene rings is 2.